The van der Waals surface area contributed by atoms with Crippen LogP contribution in [-0.2, 0) is 9.47 Å². The van der Waals surface area contributed by atoms with Crippen LogP contribution < -0.4 is 10.2 Å². The lowest BCUT2D eigenvalue weighted by atomic mass is 9.92. The molecule has 2 saturated heterocycles. The third kappa shape index (κ3) is 5.07. The van der Waals surface area contributed by atoms with Gasteiger partial charge in [0, 0.05) is 17.7 Å². The van der Waals surface area contributed by atoms with Gasteiger partial charge in [0.05, 0.1) is 18.8 Å². The highest BCUT2D eigenvalue weighted by molar-refractivity contribution is 5.88. The second-order valence-corrected chi connectivity index (χ2v) is 9.81. The number of phenolic OH excluding ortho intramolecular Hbond substituents is 3. The van der Waals surface area contributed by atoms with E-state index in [1.165, 1.54) is 6.07 Å². The number of aromatic hydroxyl groups is 3. The van der Waals surface area contributed by atoms with Gasteiger partial charge in [0.25, 0.3) is 0 Å². The average molecular weight is 580 g/mol. The van der Waals surface area contributed by atoms with E-state index in [9.17, 15) is 55.9 Å². The van der Waals surface area contributed by atoms with E-state index in [2.05, 4.69) is 0 Å². The van der Waals surface area contributed by atoms with Gasteiger partial charge in [0.2, 0.25) is 6.29 Å². The van der Waals surface area contributed by atoms with E-state index >= 15 is 0 Å². The smallest absolute Gasteiger partial charge is 0.229 e. The van der Waals surface area contributed by atoms with Crippen molar-refractivity contribution in [2.75, 3.05) is 13.2 Å². The Morgan fingerprint density at radius 1 is 0.854 bits per heavy atom. The van der Waals surface area contributed by atoms with Crippen LogP contribution in [0, 0.1) is 0 Å². The maximum Gasteiger partial charge on any atom is 0.229 e. The molecule has 5 rings (SSSR count). The summed E-state index contributed by atoms with van der Waals surface area (Å²) < 4.78 is 22.4. The number of phenols is 3. The summed E-state index contributed by atoms with van der Waals surface area (Å²) in [6, 6.07) is 5.69. The van der Waals surface area contributed by atoms with Crippen molar-refractivity contribution in [1.82, 2.24) is 0 Å². The van der Waals surface area contributed by atoms with Gasteiger partial charge in [0.15, 0.2) is 16.9 Å². The highest BCUT2D eigenvalue weighted by Crippen LogP contribution is 2.45. The van der Waals surface area contributed by atoms with Gasteiger partial charge in [-0.15, -0.1) is 0 Å². The molecule has 0 bridgehead atoms. The van der Waals surface area contributed by atoms with Crippen LogP contribution >= 0.6 is 0 Å². The predicted molar refractivity (Wildman–Crippen MR) is 134 cm³/mol. The number of ether oxygens (including phenoxy) is 3. The molecule has 9 atom stereocenters. The molecular weight excluding hydrogens is 552 g/mol. The van der Waals surface area contributed by atoms with Gasteiger partial charge in [-0.2, -0.15) is 0 Å². The number of rotatable bonds is 5. The summed E-state index contributed by atoms with van der Waals surface area (Å²) in [5.74, 6) is -2.27. The summed E-state index contributed by atoms with van der Waals surface area (Å²) in [4.78, 5) is 13.2. The minimum absolute atomic E-state index is 0.101. The average Bonchev–Trinajstić information content (AvgIpc) is 2.94. The lowest BCUT2D eigenvalue weighted by Crippen LogP contribution is -2.60. The molecule has 0 spiro atoms. The van der Waals surface area contributed by atoms with Crippen LogP contribution in [0.1, 0.15) is 11.7 Å². The number of hydrogen-bond acceptors (Lipinski definition) is 15. The topological polar surface area (TPSA) is 260 Å². The van der Waals surface area contributed by atoms with Gasteiger partial charge in [0.1, 0.15) is 77.1 Å². The Balaban J connectivity index is 1.67. The maximum atomic E-state index is 13.2. The molecule has 2 fully saturated rings. The fourth-order valence-corrected chi connectivity index (χ4v) is 4.84. The van der Waals surface area contributed by atoms with Crippen molar-refractivity contribution in [2.24, 2.45) is 0 Å². The Hall–Kier alpha value is -3.51. The van der Waals surface area contributed by atoms with E-state index in [0.717, 1.165) is 24.3 Å². The third-order valence-corrected chi connectivity index (χ3v) is 7.13. The van der Waals surface area contributed by atoms with E-state index in [1.54, 1.807) is 0 Å². The standard InChI is InChI=1S/C26H28O15/c27-6-16-20(33)22(35)24(37)26(41-16)40-15-5-14-17(21(34)18(15)25-23(36)19(32)12(31)7-38-25)11(30)4-13(39-14)8-1-2-9(28)10(29)3-8/h1-5,12,16,19-20,22-29,31-37H,6-7H2/t12-,16?,19?,20+,22?,23?,24?,25-,26+/m0/s1. The second-order valence-electron chi connectivity index (χ2n) is 9.81. The quantitative estimate of drug-likeness (QED) is 0.145. The van der Waals surface area contributed by atoms with Crippen molar-refractivity contribution < 1.29 is 69.7 Å². The first-order chi connectivity index (χ1) is 19.4. The molecule has 15 heteroatoms. The maximum absolute atomic E-state index is 13.2. The van der Waals surface area contributed by atoms with E-state index in [-0.39, 0.29) is 16.9 Å². The van der Waals surface area contributed by atoms with Crippen LogP contribution in [0.3, 0.4) is 0 Å². The number of fused-ring (bicyclic) bond motifs is 1. The molecule has 1 aromatic heterocycles. The van der Waals surface area contributed by atoms with E-state index in [1.807, 2.05) is 0 Å². The van der Waals surface area contributed by atoms with Crippen molar-refractivity contribution in [3.05, 3.63) is 46.1 Å². The highest BCUT2D eigenvalue weighted by atomic mass is 16.7. The minimum atomic E-state index is -1.89. The number of aliphatic hydroxyl groups excluding tert-OH is 7. The molecule has 0 aliphatic carbocycles. The van der Waals surface area contributed by atoms with Gasteiger partial charge >= 0.3 is 0 Å². The molecule has 3 heterocycles. The summed E-state index contributed by atoms with van der Waals surface area (Å²) in [5.41, 5.74) is -1.33. The van der Waals surface area contributed by atoms with Crippen molar-refractivity contribution in [3.8, 4) is 34.3 Å². The van der Waals surface area contributed by atoms with Crippen LogP contribution in [-0.4, -0.2) is 113 Å². The fraction of sp³-hybridized carbons (Fsp3) is 0.423. The first-order valence-electron chi connectivity index (χ1n) is 12.4. The minimum Gasteiger partial charge on any atom is -0.506 e. The fourth-order valence-electron chi connectivity index (χ4n) is 4.84. The predicted octanol–water partition coefficient (Wildman–Crippen LogP) is -2.09. The Bertz CT molecular complexity index is 1490. The molecule has 3 aromatic rings. The van der Waals surface area contributed by atoms with Crippen LogP contribution in [0.2, 0.25) is 0 Å². The van der Waals surface area contributed by atoms with Crippen LogP contribution in [0.15, 0.2) is 39.5 Å². The van der Waals surface area contributed by atoms with Crippen LogP contribution in [0.4, 0.5) is 0 Å². The molecule has 0 amide bonds. The zero-order chi connectivity index (χ0) is 29.7. The van der Waals surface area contributed by atoms with E-state index < -0.39 is 108 Å². The van der Waals surface area contributed by atoms with Crippen molar-refractivity contribution in [1.29, 1.82) is 0 Å². The SMILES string of the molecule is O=c1cc(-c2ccc(O)c(O)c2)oc2cc(O[C@@H]3OC(CO)[C@@H](O)C(O)C3O)c([C@@H]3OC[C@H](O)C(O)C3O)c(O)c12. The zero-order valence-corrected chi connectivity index (χ0v) is 21.0. The highest BCUT2D eigenvalue weighted by Gasteiger charge is 2.46. The first kappa shape index (κ1) is 29.0. The Morgan fingerprint density at radius 3 is 2.27 bits per heavy atom. The Kier molecular flexibility index (Phi) is 7.82. The summed E-state index contributed by atoms with van der Waals surface area (Å²) in [6.45, 7) is -1.26. The molecule has 2 aliphatic rings. The summed E-state index contributed by atoms with van der Waals surface area (Å²) in [6.07, 6.45) is -15.2. The molecule has 2 aromatic carbocycles. The van der Waals surface area contributed by atoms with Crippen LogP contribution in [0.5, 0.6) is 23.0 Å². The van der Waals surface area contributed by atoms with Gasteiger partial charge < -0.3 is 69.7 Å². The molecular formula is C26H28O15. The Morgan fingerprint density at radius 2 is 1.59 bits per heavy atom. The summed E-state index contributed by atoms with van der Waals surface area (Å²) >= 11 is 0. The number of benzene rings is 2. The van der Waals surface area contributed by atoms with E-state index in [0.29, 0.717) is 0 Å². The molecule has 41 heavy (non-hydrogen) atoms. The molecule has 15 nitrogen and oxygen atoms in total. The molecule has 5 unspecified atom stereocenters. The van der Waals surface area contributed by atoms with Gasteiger partial charge in [-0.1, -0.05) is 0 Å². The lowest BCUT2D eigenvalue weighted by Gasteiger charge is -2.40. The van der Waals surface area contributed by atoms with Crippen molar-refractivity contribution in [2.45, 2.75) is 55.1 Å². The third-order valence-electron chi connectivity index (χ3n) is 7.13. The summed E-state index contributed by atoms with van der Waals surface area (Å²) in [5, 5.41) is 101. The van der Waals surface area contributed by atoms with Crippen molar-refractivity contribution >= 4 is 11.0 Å². The number of hydrogen-bond donors (Lipinski definition) is 10. The lowest BCUT2D eigenvalue weighted by molar-refractivity contribution is -0.278. The van der Waals surface area contributed by atoms with Gasteiger partial charge in [-0.3, -0.25) is 4.79 Å². The second kappa shape index (κ2) is 11.1. The molecule has 0 saturated carbocycles. The largest absolute Gasteiger partial charge is 0.506 e. The molecule has 10 N–H and O–H groups in total. The number of aliphatic hydroxyl groups is 7. The summed E-state index contributed by atoms with van der Waals surface area (Å²) in [7, 11) is 0. The van der Waals surface area contributed by atoms with Crippen molar-refractivity contribution in [3.63, 3.8) is 0 Å². The molecule has 222 valence electrons. The Labute approximate surface area is 229 Å². The monoisotopic (exact) mass is 580 g/mol. The van der Waals surface area contributed by atoms with Gasteiger partial charge in [-0.25, -0.2) is 0 Å². The molecule has 0 radical (unpaired) electrons. The normalized spacial score (nSPS) is 32.2. The first-order valence-corrected chi connectivity index (χ1v) is 12.4. The van der Waals surface area contributed by atoms with Crippen LogP contribution in [0.25, 0.3) is 22.3 Å². The van der Waals surface area contributed by atoms with Gasteiger partial charge in [-0.05, 0) is 18.2 Å². The zero-order valence-electron chi connectivity index (χ0n) is 21.0. The van der Waals surface area contributed by atoms with E-state index in [4.69, 9.17) is 18.6 Å². The molecule has 2 aliphatic heterocycles.